The van der Waals surface area contributed by atoms with Crippen LogP contribution in [0, 0.1) is 6.92 Å². The average Bonchev–Trinajstić information content (AvgIpc) is 3.05. The number of hydrogen-bond donors (Lipinski definition) is 0. The third-order valence-corrected chi connectivity index (χ3v) is 6.41. The highest BCUT2D eigenvalue weighted by Crippen LogP contribution is 2.21. The lowest BCUT2D eigenvalue weighted by molar-refractivity contribution is 0.0768. The van der Waals surface area contributed by atoms with Gasteiger partial charge in [0.25, 0.3) is 0 Å². The first-order valence-corrected chi connectivity index (χ1v) is 13.1. The summed E-state index contributed by atoms with van der Waals surface area (Å²) in [5.41, 5.74) is 4.00. The van der Waals surface area contributed by atoms with Gasteiger partial charge in [-0.15, -0.1) is 11.6 Å². The number of hydrogen-bond acceptors (Lipinski definition) is 3. The average molecular weight is 504 g/mol. The van der Waals surface area contributed by atoms with Gasteiger partial charge in [-0.3, -0.25) is 4.90 Å². The molecule has 34 heavy (non-hydrogen) atoms. The number of anilines is 1. The van der Waals surface area contributed by atoms with Crippen LogP contribution in [0.5, 0.6) is 0 Å². The van der Waals surface area contributed by atoms with Gasteiger partial charge in [0, 0.05) is 44.0 Å². The third-order valence-electron chi connectivity index (χ3n) is 5.82. The molecule has 1 heterocycles. The number of piperazine rings is 1. The number of allylic oxidation sites excluding steroid dienone is 4. The Labute approximate surface area is 217 Å². The second-order valence-corrected chi connectivity index (χ2v) is 9.39. The van der Waals surface area contributed by atoms with Crippen molar-refractivity contribution in [2.45, 2.75) is 51.6 Å². The van der Waals surface area contributed by atoms with Gasteiger partial charge in [0.2, 0.25) is 0 Å². The Bertz CT molecular complexity index is 867. The van der Waals surface area contributed by atoms with Gasteiger partial charge in [-0.2, -0.15) is 0 Å². The Balaban J connectivity index is 0.000000311. The molecular weight excluding hydrogens is 463 g/mol. The zero-order chi connectivity index (χ0) is 24.8. The van der Waals surface area contributed by atoms with Gasteiger partial charge in [0.15, 0.2) is 0 Å². The van der Waals surface area contributed by atoms with Gasteiger partial charge in [0.1, 0.15) is 0 Å². The molecule has 1 aliphatic carbocycles. The zero-order valence-electron chi connectivity index (χ0n) is 21.1. The van der Waals surface area contributed by atoms with Crippen molar-refractivity contribution < 1.29 is 4.74 Å². The van der Waals surface area contributed by atoms with E-state index in [1.165, 1.54) is 16.8 Å². The number of nitrogens with zero attached hydrogens (tertiary/aromatic N) is 2. The molecule has 0 bridgehead atoms. The van der Waals surface area contributed by atoms with E-state index in [1.54, 1.807) is 7.11 Å². The SMILES string of the molecule is CC.COCC1CN(c2ccc(C)cc2)CCN1Cc1ccccc1.ClC1=CC(Cl)CCC=C1. The first-order valence-electron chi connectivity index (χ1n) is 12.3. The molecule has 0 saturated carbocycles. The number of benzene rings is 2. The molecule has 1 fully saturated rings. The largest absolute Gasteiger partial charge is 0.383 e. The van der Waals surface area contributed by atoms with Crippen LogP contribution in [0.25, 0.3) is 0 Å². The highest BCUT2D eigenvalue weighted by molar-refractivity contribution is 6.32. The molecule has 2 aliphatic rings. The summed E-state index contributed by atoms with van der Waals surface area (Å²) in [5.74, 6) is 0. The molecule has 1 aliphatic heterocycles. The summed E-state index contributed by atoms with van der Waals surface area (Å²) >= 11 is 11.5. The highest BCUT2D eigenvalue weighted by Gasteiger charge is 2.27. The van der Waals surface area contributed by atoms with E-state index in [2.05, 4.69) is 71.3 Å². The predicted octanol–water partition coefficient (Wildman–Crippen LogP) is 7.42. The Morgan fingerprint density at radius 1 is 1.00 bits per heavy atom. The van der Waals surface area contributed by atoms with E-state index in [-0.39, 0.29) is 5.38 Å². The maximum atomic E-state index is 5.82. The van der Waals surface area contributed by atoms with E-state index in [4.69, 9.17) is 27.9 Å². The molecule has 0 amide bonds. The molecular formula is C29H40Cl2N2O. The van der Waals surface area contributed by atoms with Crippen molar-refractivity contribution in [2.75, 3.05) is 38.3 Å². The molecule has 5 heteroatoms. The van der Waals surface area contributed by atoms with Crippen molar-refractivity contribution in [1.82, 2.24) is 4.90 Å². The van der Waals surface area contributed by atoms with Crippen molar-refractivity contribution in [3.05, 3.63) is 89.0 Å². The summed E-state index contributed by atoms with van der Waals surface area (Å²) in [4.78, 5) is 5.02. The van der Waals surface area contributed by atoms with Crippen LogP contribution in [0.1, 0.15) is 37.8 Å². The Morgan fingerprint density at radius 2 is 1.71 bits per heavy atom. The van der Waals surface area contributed by atoms with Crippen LogP contribution in [-0.4, -0.2) is 49.7 Å². The van der Waals surface area contributed by atoms with E-state index in [0.717, 1.165) is 50.7 Å². The van der Waals surface area contributed by atoms with Crippen LogP contribution in [0.3, 0.4) is 0 Å². The lowest BCUT2D eigenvalue weighted by atomic mass is 10.1. The Morgan fingerprint density at radius 3 is 2.38 bits per heavy atom. The van der Waals surface area contributed by atoms with E-state index in [0.29, 0.717) is 6.04 Å². The number of rotatable bonds is 5. The lowest BCUT2D eigenvalue weighted by Crippen LogP contribution is -2.54. The molecule has 0 N–H and O–H groups in total. The van der Waals surface area contributed by atoms with Crippen LogP contribution >= 0.6 is 23.2 Å². The van der Waals surface area contributed by atoms with Crippen molar-refractivity contribution in [2.24, 2.45) is 0 Å². The summed E-state index contributed by atoms with van der Waals surface area (Å²) in [6.45, 7) is 11.1. The maximum absolute atomic E-state index is 5.82. The molecule has 1 saturated heterocycles. The lowest BCUT2D eigenvalue weighted by Gasteiger charge is -2.42. The van der Waals surface area contributed by atoms with E-state index in [1.807, 2.05) is 32.1 Å². The molecule has 3 nitrogen and oxygen atoms in total. The normalized spacial score (nSPS) is 20.3. The van der Waals surface area contributed by atoms with Crippen molar-refractivity contribution in [3.8, 4) is 0 Å². The van der Waals surface area contributed by atoms with Gasteiger partial charge in [-0.05, 0) is 49.6 Å². The van der Waals surface area contributed by atoms with Gasteiger partial charge < -0.3 is 9.64 Å². The minimum absolute atomic E-state index is 0.118. The highest BCUT2D eigenvalue weighted by atomic mass is 35.5. The maximum Gasteiger partial charge on any atom is 0.0635 e. The first-order chi connectivity index (χ1) is 16.5. The van der Waals surface area contributed by atoms with Gasteiger partial charge >= 0.3 is 0 Å². The van der Waals surface area contributed by atoms with Crippen molar-refractivity contribution in [1.29, 1.82) is 0 Å². The van der Waals surface area contributed by atoms with E-state index < -0.39 is 0 Å². The fraction of sp³-hybridized carbons (Fsp3) is 0.448. The number of halogens is 2. The topological polar surface area (TPSA) is 15.7 Å². The third kappa shape index (κ3) is 9.84. The molecule has 2 aromatic carbocycles. The minimum atomic E-state index is 0.118. The van der Waals surface area contributed by atoms with Crippen molar-refractivity contribution in [3.63, 3.8) is 0 Å². The van der Waals surface area contributed by atoms with Crippen LogP contribution in [0.15, 0.2) is 77.9 Å². The van der Waals surface area contributed by atoms with Crippen LogP contribution in [-0.2, 0) is 11.3 Å². The minimum Gasteiger partial charge on any atom is -0.383 e. The quantitative estimate of drug-likeness (QED) is 0.395. The van der Waals surface area contributed by atoms with Crippen LogP contribution in [0.2, 0.25) is 0 Å². The predicted molar refractivity (Wildman–Crippen MR) is 149 cm³/mol. The summed E-state index contributed by atoms with van der Waals surface area (Å²) in [5, 5.41) is 0.875. The molecule has 2 aromatic rings. The smallest absolute Gasteiger partial charge is 0.0635 e. The van der Waals surface area contributed by atoms with Crippen LogP contribution in [0.4, 0.5) is 5.69 Å². The fourth-order valence-corrected chi connectivity index (χ4v) is 4.59. The number of alkyl halides is 1. The van der Waals surface area contributed by atoms with Crippen LogP contribution < -0.4 is 4.90 Å². The second kappa shape index (κ2) is 16.0. The summed E-state index contributed by atoms with van der Waals surface area (Å²) < 4.78 is 5.48. The standard InChI is InChI=1S/C20H26N2O.C7H8Cl2.C2H6/c1-17-8-10-19(11-9-17)22-13-12-21(20(15-22)16-23-2)14-18-6-4-3-5-7-18;8-6-3-1-2-4-7(9)5-6;1-2/h3-11,20H,12-16H2,1-2H3;1,3,5,7H,2,4H2;1-2H3. The zero-order valence-corrected chi connectivity index (χ0v) is 22.6. The van der Waals surface area contributed by atoms with Gasteiger partial charge in [0.05, 0.1) is 18.0 Å². The van der Waals surface area contributed by atoms with Gasteiger partial charge in [-0.1, -0.05) is 79.6 Å². The molecule has 4 rings (SSSR count). The molecule has 186 valence electrons. The van der Waals surface area contributed by atoms with E-state index in [9.17, 15) is 0 Å². The molecule has 0 spiro atoms. The molecule has 0 radical (unpaired) electrons. The molecule has 2 unspecified atom stereocenters. The molecule has 0 aromatic heterocycles. The summed E-state index contributed by atoms with van der Waals surface area (Å²) in [6.07, 6.45) is 7.83. The summed E-state index contributed by atoms with van der Waals surface area (Å²) in [7, 11) is 1.80. The van der Waals surface area contributed by atoms with E-state index >= 15 is 0 Å². The second-order valence-electron chi connectivity index (χ2n) is 8.39. The fourth-order valence-electron chi connectivity index (χ4n) is 4.02. The Hall–Kier alpha value is -1.78. The summed E-state index contributed by atoms with van der Waals surface area (Å²) in [6, 6.07) is 20.0. The van der Waals surface area contributed by atoms with Gasteiger partial charge in [-0.25, -0.2) is 0 Å². The number of ether oxygens (including phenoxy) is 1. The number of methoxy groups -OCH3 is 1. The number of aryl methyl sites for hydroxylation is 1. The Kier molecular flexibility index (Phi) is 13.4. The first kappa shape index (κ1) is 28.5. The van der Waals surface area contributed by atoms with Crippen molar-refractivity contribution >= 4 is 28.9 Å². The molecule has 2 atom stereocenters. The monoisotopic (exact) mass is 502 g/mol.